The first-order valence-corrected chi connectivity index (χ1v) is 8.60. The first kappa shape index (κ1) is 18.4. The number of ether oxygens (including phenoxy) is 1. The first-order valence-electron chi connectivity index (χ1n) is 8.60. The summed E-state index contributed by atoms with van der Waals surface area (Å²) in [5.41, 5.74) is 2.39. The first-order chi connectivity index (χ1) is 14.1. The highest BCUT2D eigenvalue weighted by Crippen LogP contribution is 2.23. The van der Waals surface area contributed by atoms with Crippen LogP contribution in [0.5, 0.6) is 5.75 Å². The number of carbonyl (C=O) groups is 1. The van der Waals surface area contributed by atoms with Crippen LogP contribution in [0.25, 0.3) is 17.0 Å². The van der Waals surface area contributed by atoms with Gasteiger partial charge in [0, 0.05) is 41.6 Å². The molecule has 2 amide bonds. The molecule has 0 aliphatic rings. The second-order valence-corrected chi connectivity index (χ2v) is 6.02. The lowest BCUT2D eigenvalue weighted by atomic mass is 10.1. The van der Waals surface area contributed by atoms with Gasteiger partial charge in [0.15, 0.2) is 0 Å². The predicted molar refractivity (Wildman–Crippen MR) is 104 cm³/mol. The Labute approximate surface area is 164 Å². The zero-order chi connectivity index (χ0) is 20.2. The molecule has 0 atom stereocenters. The van der Waals surface area contributed by atoms with E-state index >= 15 is 0 Å². The van der Waals surface area contributed by atoms with E-state index in [1.54, 1.807) is 34.9 Å². The highest BCUT2D eigenvalue weighted by Gasteiger charge is 2.09. The van der Waals surface area contributed by atoms with Crippen molar-refractivity contribution in [3.63, 3.8) is 0 Å². The summed E-state index contributed by atoms with van der Waals surface area (Å²) in [5, 5.41) is 5.29. The number of hydrogen-bond acceptors (Lipinski definition) is 4. The third-order valence-corrected chi connectivity index (χ3v) is 3.97. The largest absolute Gasteiger partial charge is 0.435 e. The van der Waals surface area contributed by atoms with Gasteiger partial charge in [0.1, 0.15) is 5.75 Å². The van der Waals surface area contributed by atoms with E-state index < -0.39 is 12.6 Å². The van der Waals surface area contributed by atoms with Crippen LogP contribution in [0.3, 0.4) is 0 Å². The number of rotatable bonds is 5. The van der Waals surface area contributed by atoms with E-state index in [0.29, 0.717) is 22.8 Å². The molecule has 0 saturated heterocycles. The Morgan fingerprint density at radius 3 is 2.55 bits per heavy atom. The molecule has 146 valence electrons. The van der Waals surface area contributed by atoms with Gasteiger partial charge in [-0.3, -0.25) is 4.40 Å². The molecule has 2 heterocycles. The van der Waals surface area contributed by atoms with Gasteiger partial charge in [-0.2, -0.15) is 8.78 Å². The highest BCUT2D eigenvalue weighted by molar-refractivity contribution is 6.00. The third-order valence-electron chi connectivity index (χ3n) is 3.97. The number of benzene rings is 2. The number of carbonyl (C=O) groups excluding carboxylic acids is 1. The van der Waals surface area contributed by atoms with Crippen molar-refractivity contribution >= 4 is 23.2 Å². The molecule has 9 heteroatoms. The molecule has 7 nitrogen and oxygen atoms in total. The van der Waals surface area contributed by atoms with E-state index in [1.165, 1.54) is 18.2 Å². The molecule has 0 aliphatic heterocycles. The number of hydrogen-bond donors (Lipinski definition) is 2. The van der Waals surface area contributed by atoms with Crippen LogP contribution in [0, 0.1) is 0 Å². The minimum Gasteiger partial charge on any atom is -0.435 e. The number of imidazole rings is 1. The Bertz CT molecular complexity index is 1130. The van der Waals surface area contributed by atoms with E-state index in [9.17, 15) is 13.6 Å². The van der Waals surface area contributed by atoms with Crippen LogP contribution in [0.4, 0.5) is 25.0 Å². The fourth-order valence-corrected chi connectivity index (χ4v) is 2.77. The number of nitrogens with one attached hydrogen (secondary N) is 2. The van der Waals surface area contributed by atoms with E-state index in [-0.39, 0.29) is 5.75 Å². The predicted octanol–water partition coefficient (Wildman–Crippen LogP) is 4.64. The molecular weight excluding hydrogens is 380 g/mol. The number of alkyl halides is 2. The third kappa shape index (κ3) is 4.46. The summed E-state index contributed by atoms with van der Waals surface area (Å²) in [4.78, 5) is 20.9. The summed E-state index contributed by atoms with van der Waals surface area (Å²) < 4.78 is 30.8. The molecule has 2 N–H and O–H groups in total. The van der Waals surface area contributed by atoms with Gasteiger partial charge in [-0.25, -0.2) is 14.8 Å². The Hall–Kier alpha value is -4.01. The number of urea groups is 1. The number of aromatic nitrogens is 3. The SMILES string of the molecule is O=C(Nc1cccc(OC(F)F)c1)Nc1cccc(-c2cn3cccnc3n2)c1. The van der Waals surface area contributed by atoms with Gasteiger partial charge < -0.3 is 15.4 Å². The summed E-state index contributed by atoms with van der Waals surface area (Å²) in [5.74, 6) is 0.532. The van der Waals surface area contributed by atoms with Crippen molar-refractivity contribution in [2.24, 2.45) is 0 Å². The van der Waals surface area contributed by atoms with Crippen LogP contribution in [0.2, 0.25) is 0 Å². The second kappa shape index (κ2) is 7.93. The van der Waals surface area contributed by atoms with E-state index in [4.69, 9.17) is 0 Å². The minimum atomic E-state index is -2.93. The molecule has 4 rings (SSSR count). The average molecular weight is 395 g/mol. The van der Waals surface area contributed by atoms with E-state index in [2.05, 4.69) is 25.3 Å². The van der Waals surface area contributed by atoms with Crippen molar-refractivity contribution in [1.82, 2.24) is 14.4 Å². The second-order valence-electron chi connectivity index (χ2n) is 6.02. The highest BCUT2D eigenvalue weighted by atomic mass is 19.3. The molecule has 2 aromatic heterocycles. The summed E-state index contributed by atoms with van der Waals surface area (Å²) >= 11 is 0. The minimum absolute atomic E-state index is 0.0414. The maximum Gasteiger partial charge on any atom is 0.387 e. The molecule has 0 aliphatic carbocycles. The molecule has 4 aromatic rings. The average Bonchev–Trinajstić information content (AvgIpc) is 3.12. The Morgan fingerprint density at radius 2 is 1.79 bits per heavy atom. The zero-order valence-electron chi connectivity index (χ0n) is 14.9. The molecule has 29 heavy (non-hydrogen) atoms. The monoisotopic (exact) mass is 395 g/mol. The summed E-state index contributed by atoms with van der Waals surface area (Å²) in [6, 6.07) is 14.2. The lowest BCUT2D eigenvalue weighted by Crippen LogP contribution is -2.19. The quantitative estimate of drug-likeness (QED) is 0.516. The topological polar surface area (TPSA) is 80.5 Å². The van der Waals surface area contributed by atoms with Crippen molar-refractivity contribution in [3.05, 3.63) is 73.2 Å². The van der Waals surface area contributed by atoms with E-state index in [0.717, 1.165) is 5.56 Å². The molecular formula is C20H15F2N5O2. The molecule has 0 fully saturated rings. The molecule has 0 radical (unpaired) electrons. The number of halogens is 2. The van der Waals surface area contributed by atoms with Crippen molar-refractivity contribution in [2.75, 3.05) is 10.6 Å². The lowest BCUT2D eigenvalue weighted by molar-refractivity contribution is -0.0497. The Morgan fingerprint density at radius 1 is 1.03 bits per heavy atom. The molecule has 0 bridgehead atoms. The Balaban J connectivity index is 1.47. The smallest absolute Gasteiger partial charge is 0.387 e. The molecule has 2 aromatic carbocycles. The van der Waals surface area contributed by atoms with Crippen LogP contribution in [-0.2, 0) is 0 Å². The van der Waals surface area contributed by atoms with Crippen LogP contribution in [-0.4, -0.2) is 27.0 Å². The molecule has 0 unspecified atom stereocenters. The van der Waals surface area contributed by atoms with Gasteiger partial charge in [-0.1, -0.05) is 18.2 Å². The molecule has 0 saturated carbocycles. The number of anilines is 2. The summed E-state index contributed by atoms with van der Waals surface area (Å²) in [7, 11) is 0. The van der Waals surface area contributed by atoms with E-state index in [1.807, 2.05) is 24.5 Å². The fourth-order valence-electron chi connectivity index (χ4n) is 2.77. The van der Waals surface area contributed by atoms with Gasteiger partial charge in [0.25, 0.3) is 0 Å². The summed E-state index contributed by atoms with van der Waals surface area (Å²) in [6.07, 6.45) is 5.35. The van der Waals surface area contributed by atoms with Gasteiger partial charge in [0.05, 0.1) is 5.69 Å². The van der Waals surface area contributed by atoms with Crippen LogP contribution < -0.4 is 15.4 Å². The lowest BCUT2D eigenvalue weighted by Gasteiger charge is -2.10. The number of nitrogens with zero attached hydrogens (tertiary/aromatic N) is 3. The van der Waals surface area contributed by atoms with Gasteiger partial charge >= 0.3 is 12.6 Å². The van der Waals surface area contributed by atoms with Crippen LogP contribution in [0.1, 0.15) is 0 Å². The van der Waals surface area contributed by atoms with Crippen molar-refractivity contribution in [2.45, 2.75) is 6.61 Å². The maximum absolute atomic E-state index is 12.3. The maximum atomic E-state index is 12.3. The number of fused-ring (bicyclic) bond motifs is 1. The normalized spacial score (nSPS) is 10.9. The summed E-state index contributed by atoms with van der Waals surface area (Å²) in [6.45, 7) is -2.93. The fraction of sp³-hybridized carbons (Fsp3) is 0.0500. The standard InChI is InChI=1S/C20H15F2N5O2/c21-18(22)29-16-7-2-6-15(11-16)25-20(28)24-14-5-1-4-13(10-14)17-12-27-9-3-8-23-19(27)26-17/h1-12,18H,(H2,24,25,28). The zero-order valence-corrected chi connectivity index (χ0v) is 14.9. The van der Waals surface area contributed by atoms with Crippen LogP contribution >= 0.6 is 0 Å². The van der Waals surface area contributed by atoms with Crippen molar-refractivity contribution in [3.8, 4) is 17.0 Å². The van der Waals surface area contributed by atoms with Gasteiger partial charge in [-0.15, -0.1) is 0 Å². The van der Waals surface area contributed by atoms with Gasteiger partial charge in [-0.05, 0) is 30.3 Å². The van der Waals surface area contributed by atoms with Crippen molar-refractivity contribution < 1.29 is 18.3 Å². The van der Waals surface area contributed by atoms with Gasteiger partial charge in [0.2, 0.25) is 5.78 Å². The number of amides is 2. The van der Waals surface area contributed by atoms with Crippen LogP contribution in [0.15, 0.2) is 73.2 Å². The Kier molecular flexibility index (Phi) is 5.02. The molecule has 0 spiro atoms. The van der Waals surface area contributed by atoms with Crippen molar-refractivity contribution in [1.29, 1.82) is 0 Å².